The van der Waals surface area contributed by atoms with E-state index in [1.807, 2.05) is 4.90 Å². The lowest BCUT2D eigenvalue weighted by atomic mass is 9.78. The van der Waals surface area contributed by atoms with Crippen LogP contribution in [0.5, 0.6) is 0 Å². The Morgan fingerprint density at radius 2 is 1.83 bits per heavy atom. The van der Waals surface area contributed by atoms with Crippen molar-refractivity contribution in [3.05, 3.63) is 35.1 Å². The van der Waals surface area contributed by atoms with Crippen molar-refractivity contribution in [3.8, 4) is 0 Å². The first kappa shape index (κ1) is 18.2. The van der Waals surface area contributed by atoms with E-state index in [4.69, 9.17) is 0 Å². The van der Waals surface area contributed by atoms with Gasteiger partial charge in [0.25, 0.3) is 0 Å². The van der Waals surface area contributed by atoms with E-state index in [2.05, 4.69) is 5.32 Å². The van der Waals surface area contributed by atoms with Gasteiger partial charge >= 0.3 is 6.18 Å². The fraction of sp³-hybridized carbons (Fsp3) is 0.625. The van der Waals surface area contributed by atoms with Gasteiger partial charge in [-0.1, -0.05) is 19.9 Å². The number of aliphatic hydroxyl groups is 1. The Labute approximate surface area is 133 Å². The second-order valence-corrected chi connectivity index (χ2v) is 6.56. The van der Waals surface area contributed by atoms with Crippen LogP contribution in [-0.4, -0.2) is 42.8 Å². The summed E-state index contributed by atoms with van der Waals surface area (Å²) in [5.41, 5.74) is -1.75. The first-order valence-corrected chi connectivity index (χ1v) is 7.59. The molecule has 2 N–H and O–H groups in total. The van der Waals surface area contributed by atoms with Crippen LogP contribution < -0.4 is 5.32 Å². The number of rotatable bonds is 4. The molecular formula is C16H22F4N2O. The Morgan fingerprint density at radius 1 is 1.22 bits per heavy atom. The molecule has 3 nitrogen and oxygen atoms in total. The van der Waals surface area contributed by atoms with Gasteiger partial charge in [-0.15, -0.1) is 0 Å². The molecule has 2 rings (SSSR count). The van der Waals surface area contributed by atoms with E-state index in [-0.39, 0.29) is 12.2 Å². The van der Waals surface area contributed by atoms with Crippen LogP contribution in [0.3, 0.4) is 0 Å². The zero-order valence-corrected chi connectivity index (χ0v) is 13.3. The maximum atomic E-state index is 13.4. The molecule has 0 amide bonds. The van der Waals surface area contributed by atoms with Gasteiger partial charge in [0.1, 0.15) is 5.82 Å². The molecule has 1 fully saturated rings. The molecular weight excluding hydrogens is 312 g/mol. The molecule has 23 heavy (non-hydrogen) atoms. The van der Waals surface area contributed by atoms with Gasteiger partial charge in [0.15, 0.2) is 0 Å². The number of nitrogens with one attached hydrogen (secondary N) is 1. The van der Waals surface area contributed by atoms with Crippen LogP contribution in [0.25, 0.3) is 0 Å². The van der Waals surface area contributed by atoms with Crippen molar-refractivity contribution in [2.24, 2.45) is 5.41 Å². The smallest absolute Gasteiger partial charge is 0.396 e. The fourth-order valence-electron chi connectivity index (χ4n) is 3.15. The Balaban J connectivity index is 2.55. The highest BCUT2D eigenvalue weighted by atomic mass is 19.4. The number of benzene rings is 1. The molecule has 1 saturated heterocycles. The van der Waals surface area contributed by atoms with Crippen molar-refractivity contribution < 1.29 is 22.7 Å². The quantitative estimate of drug-likeness (QED) is 0.831. The third-order valence-corrected chi connectivity index (χ3v) is 4.28. The van der Waals surface area contributed by atoms with Crippen LogP contribution >= 0.6 is 0 Å². The summed E-state index contributed by atoms with van der Waals surface area (Å²) in [4.78, 5) is 1.93. The second kappa shape index (κ2) is 6.75. The molecule has 0 aromatic heterocycles. The molecule has 1 aromatic rings. The van der Waals surface area contributed by atoms with E-state index in [0.717, 1.165) is 6.07 Å². The largest absolute Gasteiger partial charge is 0.416 e. The zero-order valence-electron chi connectivity index (χ0n) is 13.3. The fourth-order valence-corrected chi connectivity index (χ4v) is 3.15. The van der Waals surface area contributed by atoms with Crippen molar-refractivity contribution in [3.63, 3.8) is 0 Å². The molecule has 130 valence electrons. The molecule has 1 aromatic carbocycles. The van der Waals surface area contributed by atoms with Gasteiger partial charge in [0.05, 0.1) is 5.56 Å². The Hall–Kier alpha value is -1.18. The lowest BCUT2D eigenvalue weighted by Gasteiger charge is -2.44. The first-order chi connectivity index (χ1) is 10.7. The van der Waals surface area contributed by atoms with Crippen molar-refractivity contribution in [1.29, 1.82) is 0 Å². The molecule has 0 unspecified atom stereocenters. The van der Waals surface area contributed by atoms with Gasteiger partial charge in [-0.25, -0.2) is 4.39 Å². The minimum Gasteiger partial charge on any atom is -0.396 e. The number of nitrogens with zero attached hydrogens (tertiary/aromatic N) is 1. The summed E-state index contributed by atoms with van der Waals surface area (Å²) in [6.45, 7) is 5.66. The van der Waals surface area contributed by atoms with Crippen LogP contribution in [0.4, 0.5) is 17.6 Å². The van der Waals surface area contributed by atoms with Crippen molar-refractivity contribution >= 4 is 0 Å². The van der Waals surface area contributed by atoms with Gasteiger partial charge < -0.3 is 10.4 Å². The van der Waals surface area contributed by atoms with Crippen LogP contribution in [-0.2, 0) is 6.18 Å². The standard InChI is InChI=1S/C16H22F4N2O/c1-15(2,10-23)14(22-7-5-21-6-8-22)12-4-3-11(17)9-13(12)16(18,19)20/h3-4,9,14,21,23H,5-8,10H2,1-2H3/t14-/m0/s1. The average Bonchev–Trinajstić information content (AvgIpc) is 2.49. The summed E-state index contributed by atoms with van der Waals surface area (Å²) in [5, 5.41) is 12.9. The molecule has 1 atom stereocenters. The Kier molecular flexibility index (Phi) is 5.33. The predicted octanol–water partition coefficient (Wildman–Crippen LogP) is 2.81. The maximum absolute atomic E-state index is 13.4. The van der Waals surface area contributed by atoms with Gasteiger partial charge in [-0.2, -0.15) is 13.2 Å². The van der Waals surface area contributed by atoms with E-state index in [0.29, 0.717) is 32.2 Å². The molecule has 1 aliphatic heterocycles. The van der Waals surface area contributed by atoms with Crippen LogP contribution in [0.2, 0.25) is 0 Å². The summed E-state index contributed by atoms with van der Waals surface area (Å²) in [6.07, 6.45) is -4.64. The van der Waals surface area contributed by atoms with Gasteiger partial charge in [-0.05, 0) is 17.7 Å². The van der Waals surface area contributed by atoms with E-state index in [1.54, 1.807) is 13.8 Å². The lowest BCUT2D eigenvalue weighted by molar-refractivity contribution is -0.139. The SMILES string of the molecule is CC(C)(CO)[C@H](c1ccc(F)cc1C(F)(F)F)N1CCNCC1. The molecule has 0 saturated carbocycles. The third-order valence-electron chi connectivity index (χ3n) is 4.28. The summed E-state index contributed by atoms with van der Waals surface area (Å²) < 4.78 is 53.6. The lowest BCUT2D eigenvalue weighted by Crippen LogP contribution is -2.50. The highest BCUT2D eigenvalue weighted by Gasteiger charge is 2.42. The normalized spacial score (nSPS) is 18.9. The number of alkyl halides is 3. The monoisotopic (exact) mass is 334 g/mol. The highest BCUT2D eigenvalue weighted by molar-refractivity contribution is 5.34. The van der Waals surface area contributed by atoms with E-state index >= 15 is 0 Å². The number of halogens is 4. The number of hydrogen-bond donors (Lipinski definition) is 2. The number of aliphatic hydroxyl groups excluding tert-OH is 1. The molecule has 7 heteroatoms. The second-order valence-electron chi connectivity index (χ2n) is 6.56. The maximum Gasteiger partial charge on any atom is 0.416 e. The van der Waals surface area contributed by atoms with Crippen molar-refractivity contribution in [2.75, 3.05) is 32.8 Å². The topological polar surface area (TPSA) is 35.5 Å². The van der Waals surface area contributed by atoms with Crippen LogP contribution in [0.15, 0.2) is 18.2 Å². The van der Waals surface area contributed by atoms with Crippen LogP contribution in [0, 0.1) is 11.2 Å². The summed E-state index contributed by atoms with van der Waals surface area (Å²) in [6, 6.07) is 2.14. The summed E-state index contributed by atoms with van der Waals surface area (Å²) >= 11 is 0. The molecule has 0 bridgehead atoms. The Bertz CT molecular complexity index is 539. The van der Waals surface area contributed by atoms with Gasteiger partial charge in [0, 0.05) is 44.2 Å². The first-order valence-electron chi connectivity index (χ1n) is 7.59. The van der Waals surface area contributed by atoms with Crippen LogP contribution in [0.1, 0.15) is 31.0 Å². The number of hydrogen-bond acceptors (Lipinski definition) is 3. The zero-order chi connectivity index (χ0) is 17.3. The third kappa shape index (κ3) is 4.02. The van der Waals surface area contributed by atoms with E-state index in [9.17, 15) is 22.7 Å². The van der Waals surface area contributed by atoms with E-state index in [1.165, 1.54) is 6.07 Å². The molecule has 0 radical (unpaired) electrons. The minimum atomic E-state index is -4.64. The van der Waals surface area contributed by atoms with Gasteiger partial charge in [0.2, 0.25) is 0 Å². The van der Waals surface area contributed by atoms with E-state index < -0.39 is 29.0 Å². The number of piperazine rings is 1. The molecule has 0 spiro atoms. The van der Waals surface area contributed by atoms with Gasteiger partial charge in [-0.3, -0.25) is 4.90 Å². The molecule has 1 heterocycles. The molecule has 0 aliphatic carbocycles. The summed E-state index contributed by atoms with van der Waals surface area (Å²) in [5.74, 6) is -0.915. The van der Waals surface area contributed by atoms with Crippen molar-refractivity contribution in [1.82, 2.24) is 10.2 Å². The summed E-state index contributed by atoms with van der Waals surface area (Å²) in [7, 11) is 0. The predicted molar refractivity (Wildman–Crippen MR) is 79.5 cm³/mol. The van der Waals surface area contributed by atoms with Crippen molar-refractivity contribution in [2.45, 2.75) is 26.1 Å². The Morgan fingerprint density at radius 3 is 2.35 bits per heavy atom. The highest BCUT2D eigenvalue weighted by Crippen LogP contribution is 2.44. The molecule has 1 aliphatic rings. The minimum absolute atomic E-state index is 0.0138. The average molecular weight is 334 g/mol.